The maximum atomic E-state index is 13.4. The van der Waals surface area contributed by atoms with Crippen LogP contribution in [-0.4, -0.2) is 17.0 Å². The number of nitrogens with zero attached hydrogens (tertiary/aromatic N) is 2. The van der Waals surface area contributed by atoms with Crippen molar-refractivity contribution in [2.75, 3.05) is 4.90 Å². The number of imide groups is 1. The molecule has 2 atom stereocenters. The van der Waals surface area contributed by atoms with E-state index in [1.807, 2.05) is 24.3 Å². The zero-order valence-electron chi connectivity index (χ0n) is 14.6. The summed E-state index contributed by atoms with van der Waals surface area (Å²) >= 11 is 0. The van der Waals surface area contributed by atoms with Gasteiger partial charge < -0.3 is 4.52 Å². The van der Waals surface area contributed by atoms with E-state index < -0.39 is 0 Å². The number of aromatic nitrogens is 1. The third-order valence-electron chi connectivity index (χ3n) is 6.29. The summed E-state index contributed by atoms with van der Waals surface area (Å²) in [7, 11) is 0. The number of benzene rings is 2. The molecular weight excluding hydrogens is 340 g/mol. The number of hydrogen-bond donors (Lipinski definition) is 0. The van der Waals surface area contributed by atoms with Gasteiger partial charge in [-0.05, 0) is 29.2 Å². The van der Waals surface area contributed by atoms with Crippen LogP contribution in [0.2, 0.25) is 0 Å². The third kappa shape index (κ3) is 1.71. The van der Waals surface area contributed by atoms with E-state index in [1.165, 1.54) is 27.2 Å². The van der Waals surface area contributed by atoms with Crippen LogP contribution in [0.25, 0.3) is 0 Å². The van der Waals surface area contributed by atoms with Gasteiger partial charge in [0, 0.05) is 17.9 Å². The number of aryl methyl sites for hydroxylation is 1. The van der Waals surface area contributed by atoms with Crippen LogP contribution in [0.1, 0.15) is 39.8 Å². The molecule has 2 heterocycles. The van der Waals surface area contributed by atoms with Gasteiger partial charge in [-0.1, -0.05) is 53.7 Å². The van der Waals surface area contributed by atoms with Crippen LogP contribution < -0.4 is 4.90 Å². The number of amides is 2. The summed E-state index contributed by atoms with van der Waals surface area (Å²) in [6.07, 6.45) is 0. The molecule has 1 saturated heterocycles. The molecule has 4 aliphatic rings. The van der Waals surface area contributed by atoms with Crippen molar-refractivity contribution in [3.63, 3.8) is 0 Å². The molecule has 1 aromatic heterocycles. The minimum absolute atomic E-state index is 0.0955. The van der Waals surface area contributed by atoms with Gasteiger partial charge in [0.1, 0.15) is 5.76 Å². The molecule has 3 aliphatic carbocycles. The lowest BCUT2D eigenvalue weighted by molar-refractivity contribution is -0.122. The molecular formula is C22H16N2O3. The maximum absolute atomic E-state index is 13.4. The van der Waals surface area contributed by atoms with Crippen LogP contribution in [0.15, 0.2) is 59.1 Å². The van der Waals surface area contributed by atoms with Crippen molar-refractivity contribution in [2.45, 2.75) is 18.8 Å². The molecule has 132 valence electrons. The molecule has 2 aromatic carbocycles. The lowest BCUT2D eigenvalue weighted by atomic mass is 9.55. The van der Waals surface area contributed by atoms with E-state index >= 15 is 0 Å². The summed E-state index contributed by atoms with van der Waals surface area (Å²) < 4.78 is 5.12. The van der Waals surface area contributed by atoms with Gasteiger partial charge in [-0.2, -0.15) is 0 Å². The van der Waals surface area contributed by atoms with Crippen molar-refractivity contribution in [3.8, 4) is 0 Å². The number of rotatable bonds is 1. The molecule has 27 heavy (non-hydrogen) atoms. The molecule has 1 aliphatic heterocycles. The van der Waals surface area contributed by atoms with Crippen LogP contribution in [0, 0.1) is 18.8 Å². The summed E-state index contributed by atoms with van der Waals surface area (Å²) in [6, 6.07) is 18.1. The molecule has 0 N–H and O–H groups in total. The minimum Gasteiger partial charge on any atom is -0.360 e. The van der Waals surface area contributed by atoms with E-state index in [0.29, 0.717) is 11.6 Å². The molecule has 0 spiro atoms. The summed E-state index contributed by atoms with van der Waals surface area (Å²) in [4.78, 5) is 28.0. The van der Waals surface area contributed by atoms with Gasteiger partial charge in [-0.3, -0.25) is 9.59 Å². The zero-order chi connectivity index (χ0) is 18.3. The van der Waals surface area contributed by atoms with E-state index in [-0.39, 0.29) is 35.5 Å². The Morgan fingerprint density at radius 3 is 1.63 bits per heavy atom. The predicted molar refractivity (Wildman–Crippen MR) is 97.3 cm³/mol. The lowest BCUT2D eigenvalue weighted by Crippen LogP contribution is -2.41. The molecule has 1 fully saturated rings. The van der Waals surface area contributed by atoms with E-state index in [4.69, 9.17) is 4.52 Å². The van der Waals surface area contributed by atoms with Crippen LogP contribution in [0.4, 0.5) is 5.82 Å². The number of carbonyl (C=O) groups excluding carboxylic acids is 2. The van der Waals surface area contributed by atoms with E-state index in [9.17, 15) is 9.59 Å². The Morgan fingerprint density at radius 2 is 1.26 bits per heavy atom. The van der Waals surface area contributed by atoms with Gasteiger partial charge in [-0.25, -0.2) is 4.90 Å². The Labute approximate surface area is 155 Å². The molecule has 2 amide bonds. The smallest absolute Gasteiger partial charge is 0.239 e. The molecule has 7 rings (SSSR count). The summed E-state index contributed by atoms with van der Waals surface area (Å²) in [5, 5.41) is 3.93. The third-order valence-corrected chi connectivity index (χ3v) is 6.29. The second-order valence-electron chi connectivity index (χ2n) is 7.57. The Balaban J connectivity index is 1.59. The van der Waals surface area contributed by atoms with Gasteiger partial charge >= 0.3 is 0 Å². The SMILES string of the molecule is Cc1cc(N2C(=O)[C@@H]3C4c5ccccc5C(c5ccccc54)[C@H]3C2=O)no1. The van der Waals surface area contributed by atoms with Gasteiger partial charge in [0.25, 0.3) is 0 Å². The first-order valence-corrected chi connectivity index (χ1v) is 9.15. The predicted octanol–water partition coefficient (Wildman–Crippen LogP) is 3.38. The zero-order valence-corrected chi connectivity index (χ0v) is 14.6. The quantitative estimate of drug-likeness (QED) is 0.627. The molecule has 0 saturated carbocycles. The normalized spacial score (nSPS) is 27.5. The summed E-state index contributed by atoms with van der Waals surface area (Å²) in [5.41, 5.74) is 4.67. The summed E-state index contributed by atoms with van der Waals surface area (Å²) in [5.74, 6) is -0.425. The highest BCUT2D eigenvalue weighted by Crippen LogP contribution is 2.61. The minimum atomic E-state index is -0.385. The first-order chi connectivity index (χ1) is 13.2. The molecule has 0 unspecified atom stereocenters. The average Bonchev–Trinajstić information content (AvgIpc) is 3.23. The lowest BCUT2D eigenvalue weighted by Gasteiger charge is -2.45. The van der Waals surface area contributed by atoms with Gasteiger partial charge in [0.2, 0.25) is 11.8 Å². The van der Waals surface area contributed by atoms with E-state index in [1.54, 1.807) is 13.0 Å². The van der Waals surface area contributed by atoms with Crippen LogP contribution in [0.5, 0.6) is 0 Å². The standard InChI is InChI=1S/C22H16N2O3/c1-11-10-16(23-27-11)24-21(25)19-17-12-6-2-3-7-13(12)18(20(19)22(24)26)15-9-5-4-8-14(15)17/h2-10,17-20H,1H3/t17?,18?,19-,20-/m1/s1. The fourth-order valence-electron chi connectivity index (χ4n) is 5.36. The van der Waals surface area contributed by atoms with Crippen molar-refractivity contribution in [1.29, 1.82) is 0 Å². The summed E-state index contributed by atoms with van der Waals surface area (Å²) in [6.45, 7) is 1.75. The van der Waals surface area contributed by atoms with Crippen LogP contribution >= 0.6 is 0 Å². The fourth-order valence-corrected chi connectivity index (χ4v) is 5.36. The second-order valence-corrected chi connectivity index (χ2v) is 7.57. The molecule has 3 aromatic rings. The highest BCUT2D eigenvalue weighted by Gasteiger charge is 2.62. The first-order valence-electron chi connectivity index (χ1n) is 9.15. The average molecular weight is 356 g/mol. The van der Waals surface area contributed by atoms with E-state index in [2.05, 4.69) is 29.4 Å². The Kier molecular flexibility index (Phi) is 2.73. The van der Waals surface area contributed by atoms with Crippen molar-refractivity contribution in [2.24, 2.45) is 11.8 Å². The Bertz CT molecular complexity index is 1020. The van der Waals surface area contributed by atoms with Crippen LogP contribution in [0.3, 0.4) is 0 Å². The van der Waals surface area contributed by atoms with Crippen molar-refractivity contribution in [3.05, 3.63) is 82.6 Å². The molecule has 0 radical (unpaired) electrons. The largest absolute Gasteiger partial charge is 0.360 e. The molecule has 5 heteroatoms. The fraction of sp³-hybridized carbons (Fsp3) is 0.227. The Hall–Kier alpha value is -3.21. The first kappa shape index (κ1) is 14.9. The van der Waals surface area contributed by atoms with Gasteiger partial charge in [-0.15, -0.1) is 0 Å². The number of hydrogen-bond acceptors (Lipinski definition) is 4. The number of anilines is 1. The van der Waals surface area contributed by atoms with E-state index in [0.717, 1.165) is 0 Å². The monoisotopic (exact) mass is 356 g/mol. The topological polar surface area (TPSA) is 63.4 Å². The van der Waals surface area contributed by atoms with Gasteiger partial charge in [0.15, 0.2) is 5.82 Å². The molecule has 5 nitrogen and oxygen atoms in total. The highest BCUT2D eigenvalue weighted by atomic mass is 16.5. The second kappa shape index (κ2) is 4.94. The van der Waals surface area contributed by atoms with Crippen molar-refractivity contribution >= 4 is 17.6 Å². The highest BCUT2D eigenvalue weighted by molar-refractivity contribution is 6.23. The van der Waals surface area contributed by atoms with Crippen LogP contribution in [-0.2, 0) is 9.59 Å². The van der Waals surface area contributed by atoms with Crippen molar-refractivity contribution in [1.82, 2.24) is 5.16 Å². The molecule has 2 bridgehead atoms. The van der Waals surface area contributed by atoms with Crippen molar-refractivity contribution < 1.29 is 14.1 Å². The van der Waals surface area contributed by atoms with Gasteiger partial charge in [0.05, 0.1) is 11.8 Å². The maximum Gasteiger partial charge on any atom is 0.239 e. The number of carbonyl (C=O) groups is 2. The Morgan fingerprint density at radius 1 is 0.815 bits per heavy atom.